The minimum atomic E-state index is -4.05. The third kappa shape index (κ3) is 5.27. The lowest BCUT2D eigenvalue weighted by Gasteiger charge is -2.39. The number of nitrogens with zero attached hydrogens (tertiary/aromatic N) is 1. The van der Waals surface area contributed by atoms with Crippen molar-refractivity contribution in [1.82, 2.24) is 9.62 Å². The van der Waals surface area contributed by atoms with Gasteiger partial charge in [-0.1, -0.05) is 62.7 Å². The lowest BCUT2D eigenvalue weighted by molar-refractivity contribution is -0.145. The smallest absolute Gasteiger partial charge is 0.247 e. The highest BCUT2D eigenvalue weighted by Gasteiger charge is 2.50. The first-order chi connectivity index (χ1) is 15.7. The van der Waals surface area contributed by atoms with Gasteiger partial charge in [0.05, 0.1) is 10.7 Å². The first-order valence-corrected chi connectivity index (χ1v) is 12.7. The van der Waals surface area contributed by atoms with Crippen molar-refractivity contribution in [2.24, 2.45) is 5.41 Å². The SMILES string of the molecule is CN(C)S(=O)(=O)c1c(Cl)ccc(NC2C(=O)C(=O)C2NC(CC(C)(C)C)c2ccccc2)c1O. The zero-order chi connectivity index (χ0) is 25.4. The maximum atomic E-state index is 12.6. The first-order valence-electron chi connectivity index (χ1n) is 10.8. The average molecular weight is 508 g/mol. The number of phenolic OH excluding ortho intramolecular Hbond substituents is 1. The zero-order valence-electron chi connectivity index (χ0n) is 19.8. The summed E-state index contributed by atoms with van der Waals surface area (Å²) in [7, 11) is -1.42. The maximum Gasteiger partial charge on any atom is 0.247 e. The predicted octanol–water partition coefficient (Wildman–Crippen LogP) is 3.36. The van der Waals surface area contributed by atoms with E-state index in [0.29, 0.717) is 6.42 Å². The molecule has 1 fully saturated rings. The van der Waals surface area contributed by atoms with E-state index in [1.165, 1.54) is 26.2 Å². The molecular weight excluding hydrogens is 478 g/mol. The second kappa shape index (κ2) is 9.65. The zero-order valence-corrected chi connectivity index (χ0v) is 21.4. The van der Waals surface area contributed by atoms with Crippen LogP contribution in [-0.4, -0.2) is 55.6 Å². The van der Waals surface area contributed by atoms with Crippen LogP contribution in [0, 0.1) is 5.41 Å². The monoisotopic (exact) mass is 507 g/mol. The molecule has 1 aliphatic rings. The summed E-state index contributed by atoms with van der Waals surface area (Å²) in [5.74, 6) is -1.82. The van der Waals surface area contributed by atoms with Gasteiger partial charge >= 0.3 is 0 Å². The third-order valence-electron chi connectivity index (χ3n) is 5.67. The van der Waals surface area contributed by atoms with E-state index >= 15 is 0 Å². The van der Waals surface area contributed by atoms with Crippen molar-refractivity contribution in [1.29, 1.82) is 0 Å². The topological polar surface area (TPSA) is 116 Å². The summed E-state index contributed by atoms with van der Waals surface area (Å²) in [5.41, 5.74) is 0.920. The van der Waals surface area contributed by atoms with Gasteiger partial charge in [0.2, 0.25) is 21.6 Å². The molecule has 1 aliphatic carbocycles. The van der Waals surface area contributed by atoms with E-state index in [2.05, 4.69) is 31.4 Å². The van der Waals surface area contributed by atoms with Crippen molar-refractivity contribution in [3.05, 3.63) is 53.1 Å². The lowest BCUT2D eigenvalue weighted by atomic mass is 9.79. The number of carbonyl (C=O) groups excluding carboxylic acids is 2. The van der Waals surface area contributed by atoms with Gasteiger partial charge in [-0.05, 0) is 29.5 Å². The highest BCUT2D eigenvalue weighted by Crippen LogP contribution is 2.39. The quantitative estimate of drug-likeness (QED) is 0.370. The summed E-state index contributed by atoms with van der Waals surface area (Å²) >= 11 is 6.07. The number of nitrogens with one attached hydrogen (secondary N) is 2. The lowest BCUT2D eigenvalue weighted by Crippen LogP contribution is -2.67. The molecule has 34 heavy (non-hydrogen) atoms. The Morgan fingerprint density at radius 3 is 2.18 bits per heavy atom. The van der Waals surface area contributed by atoms with E-state index < -0.39 is 44.3 Å². The molecular formula is C24H30ClN3O5S. The van der Waals surface area contributed by atoms with Crippen LogP contribution in [0.5, 0.6) is 5.75 Å². The molecule has 2 aromatic rings. The van der Waals surface area contributed by atoms with Crippen molar-refractivity contribution >= 4 is 38.9 Å². The molecule has 0 bridgehead atoms. The van der Waals surface area contributed by atoms with Gasteiger partial charge in [-0.15, -0.1) is 0 Å². The molecule has 0 amide bonds. The number of rotatable bonds is 8. The van der Waals surface area contributed by atoms with Crippen molar-refractivity contribution in [3.63, 3.8) is 0 Å². The van der Waals surface area contributed by atoms with Crippen LogP contribution in [0.2, 0.25) is 5.02 Å². The van der Waals surface area contributed by atoms with Crippen molar-refractivity contribution < 1.29 is 23.1 Å². The van der Waals surface area contributed by atoms with Crippen LogP contribution in [0.1, 0.15) is 38.8 Å². The summed E-state index contributed by atoms with van der Waals surface area (Å²) < 4.78 is 26.2. The Morgan fingerprint density at radius 1 is 1.03 bits per heavy atom. The molecule has 3 unspecified atom stereocenters. The number of ketones is 2. The maximum absolute atomic E-state index is 12.6. The Kier molecular flexibility index (Phi) is 7.43. The van der Waals surface area contributed by atoms with Gasteiger partial charge in [0.25, 0.3) is 0 Å². The molecule has 8 nitrogen and oxygen atoms in total. The number of hydrogen-bond acceptors (Lipinski definition) is 7. The van der Waals surface area contributed by atoms with Crippen molar-refractivity contribution in [2.45, 2.75) is 50.2 Å². The Labute approximate surface area is 205 Å². The number of halogens is 1. The Bertz CT molecular complexity index is 1190. The molecule has 0 spiro atoms. The fourth-order valence-corrected chi connectivity index (χ4v) is 5.36. The van der Waals surface area contributed by atoms with E-state index in [9.17, 15) is 23.1 Å². The van der Waals surface area contributed by atoms with Crippen molar-refractivity contribution in [2.75, 3.05) is 19.4 Å². The molecule has 10 heteroatoms. The number of benzene rings is 2. The number of Topliss-reactive ketones (excluding diaryl/α,β-unsaturated/α-hetero) is 2. The molecule has 0 aromatic heterocycles. The van der Waals surface area contributed by atoms with Crippen LogP contribution < -0.4 is 10.6 Å². The Balaban J connectivity index is 1.91. The summed E-state index contributed by atoms with van der Waals surface area (Å²) in [6.07, 6.45) is 0.707. The third-order valence-corrected chi connectivity index (χ3v) is 7.99. The summed E-state index contributed by atoms with van der Waals surface area (Å²) in [6.45, 7) is 6.27. The number of anilines is 1. The number of aromatic hydroxyl groups is 1. The second-order valence-corrected chi connectivity index (χ2v) is 12.3. The summed E-state index contributed by atoms with van der Waals surface area (Å²) in [4.78, 5) is 24.5. The van der Waals surface area contributed by atoms with Gasteiger partial charge in [-0.25, -0.2) is 12.7 Å². The van der Waals surface area contributed by atoms with E-state index in [1.807, 2.05) is 30.3 Å². The summed E-state index contributed by atoms with van der Waals surface area (Å²) in [5, 5.41) is 16.7. The van der Waals surface area contributed by atoms with E-state index in [4.69, 9.17) is 11.6 Å². The van der Waals surface area contributed by atoms with Crippen LogP contribution >= 0.6 is 11.6 Å². The van der Waals surface area contributed by atoms with Crippen LogP contribution in [0.25, 0.3) is 0 Å². The highest BCUT2D eigenvalue weighted by atomic mass is 35.5. The number of sulfonamides is 1. The molecule has 0 heterocycles. The normalized spacial score (nSPS) is 19.7. The molecule has 3 atom stereocenters. The van der Waals surface area contributed by atoms with Gasteiger partial charge in [0.1, 0.15) is 17.0 Å². The van der Waals surface area contributed by atoms with Gasteiger partial charge in [-0.3, -0.25) is 14.9 Å². The molecule has 3 rings (SSSR count). The van der Waals surface area contributed by atoms with E-state index in [1.54, 1.807) is 0 Å². The number of carbonyl (C=O) groups is 2. The molecule has 184 valence electrons. The van der Waals surface area contributed by atoms with Gasteiger partial charge in [0.15, 0.2) is 5.75 Å². The predicted molar refractivity (Wildman–Crippen MR) is 132 cm³/mol. The van der Waals surface area contributed by atoms with Crippen LogP contribution in [-0.2, 0) is 19.6 Å². The highest BCUT2D eigenvalue weighted by molar-refractivity contribution is 7.89. The van der Waals surface area contributed by atoms with E-state index in [0.717, 1.165) is 9.87 Å². The fraction of sp³-hybridized carbons (Fsp3) is 0.417. The standard InChI is InChI=1S/C24H30ClN3O5S/c1-24(2,3)13-17(14-9-7-6-8-10-14)27-19-18(21(30)22(19)31)26-16-12-11-15(25)23(20(16)29)34(32,33)28(4)5/h6-12,17-19,26-27,29H,13H2,1-5H3. The summed E-state index contributed by atoms with van der Waals surface area (Å²) in [6, 6.07) is 10.3. The molecule has 0 aliphatic heterocycles. The molecule has 0 saturated heterocycles. The molecule has 1 saturated carbocycles. The number of hydrogen-bond donors (Lipinski definition) is 3. The van der Waals surface area contributed by atoms with Gasteiger partial charge < -0.3 is 10.4 Å². The van der Waals surface area contributed by atoms with Gasteiger partial charge in [-0.2, -0.15) is 0 Å². The second-order valence-electron chi connectivity index (χ2n) is 9.78. The Hall–Kier alpha value is -2.46. The first kappa shape index (κ1) is 26.2. The molecule has 2 aromatic carbocycles. The van der Waals surface area contributed by atoms with Crippen LogP contribution in [0.4, 0.5) is 5.69 Å². The van der Waals surface area contributed by atoms with E-state index in [-0.39, 0.29) is 22.2 Å². The van der Waals surface area contributed by atoms with Crippen LogP contribution in [0.3, 0.4) is 0 Å². The minimum Gasteiger partial charge on any atom is -0.504 e. The minimum absolute atomic E-state index is 0.00504. The fourth-order valence-electron chi connectivity index (χ4n) is 3.88. The largest absolute Gasteiger partial charge is 0.504 e. The van der Waals surface area contributed by atoms with Gasteiger partial charge in [0, 0.05) is 20.1 Å². The van der Waals surface area contributed by atoms with Crippen molar-refractivity contribution in [3.8, 4) is 5.75 Å². The molecule has 0 radical (unpaired) electrons. The molecule has 3 N–H and O–H groups in total. The van der Waals surface area contributed by atoms with Crippen LogP contribution in [0.15, 0.2) is 47.4 Å². The Morgan fingerprint density at radius 2 is 1.62 bits per heavy atom. The average Bonchev–Trinajstić information content (AvgIpc) is 2.75. The number of phenols is 1.